The van der Waals surface area contributed by atoms with E-state index >= 15 is 0 Å². The highest BCUT2D eigenvalue weighted by Gasteiger charge is 2.28. The van der Waals surface area contributed by atoms with Crippen molar-refractivity contribution in [3.63, 3.8) is 0 Å². The molecular weight excluding hydrogens is 204 g/mol. The van der Waals surface area contributed by atoms with Crippen LogP contribution in [0.1, 0.15) is 46.0 Å². The van der Waals surface area contributed by atoms with Gasteiger partial charge in [-0.25, -0.2) is 0 Å². The molecule has 94 valence electrons. The van der Waals surface area contributed by atoms with Crippen molar-refractivity contribution in [1.82, 2.24) is 5.32 Å². The lowest BCUT2D eigenvalue weighted by Crippen LogP contribution is -2.41. The molecule has 1 saturated carbocycles. The maximum atomic E-state index is 11.6. The van der Waals surface area contributed by atoms with Crippen molar-refractivity contribution >= 4 is 5.91 Å². The Kier molecular flexibility index (Phi) is 5.77. The van der Waals surface area contributed by atoms with Crippen molar-refractivity contribution in [3.8, 4) is 0 Å². The van der Waals surface area contributed by atoms with E-state index in [4.69, 9.17) is 10.5 Å². The molecule has 0 aromatic carbocycles. The van der Waals surface area contributed by atoms with Crippen LogP contribution in [0.4, 0.5) is 0 Å². The fourth-order valence-corrected chi connectivity index (χ4v) is 1.98. The van der Waals surface area contributed by atoms with Crippen molar-refractivity contribution in [2.24, 2.45) is 5.73 Å². The summed E-state index contributed by atoms with van der Waals surface area (Å²) in [6.07, 6.45) is 4.88. The van der Waals surface area contributed by atoms with Crippen molar-refractivity contribution in [1.29, 1.82) is 0 Å². The lowest BCUT2D eigenvalue weighted by molar-refractivity contribution is -0.135. The van der Waals surface area contributed by atoms with Gasteiger partial charge in [0.2, 0.25) is 5.91 Å². The number of carbonyl (C=O) groups is 1. The van der Waals surface area contributed by atoms with Crippen LogP contribution in [0.25, 0.3) is 0 Å². The molecule has 3 atom stereocenters. The summed E-state index contributed by atoms with van der Waals surface area (Å²) >= 11 is 0. The minimum Gasteiger partial charge on any atom is -0.364 e. The first kappa shape index (κ1) is 13.5. The molecule has 0 bridgehead atoms. The van der Waals surface area contributed by atoms with Crippen LogP contribution >= 0.6 is 0 Å². The average molecular weight is 228 g/mol. The fourth-order valence-electron chi connectivity index (χ4n) is 1.98. The topological polar surface area (TPSA) is 64.3 Å². The van der Waals surface area contributed by atoms with E-state index in [0.29, 0.717) is 0 Å². The Morgan fingerprint density at radius 2 is 2.31 bits per heavy atom. The van der Waals surface area contributed by atoms with Gasteiger partial charge >= 0.3 is 0 Å². The second-order valence-electron chi connectivity index (χ2n) is 4.56. The quantitative estimate of drug-likeness (QED) is 0.671. The lowest BCUT2D eigenvalue weighted by Gasteiger charge is -2.21. The van der Waals surface area contributed by atoms with Crippen LogP contribution < -0.4 is 11.1 Å². The number of hydrogen-bond donors (Lipinski definition) is 2. The molecule has 3 unspecified atom stereocenters. The summed E-state index contributed by atoms with van der Waals surface area (Å²) in [5, 5.41) is 2.87. The summed E-state index contributed by atoms with van der Waals surface area (Å²) in [6.45, 7) is 4.63. The normalized spacial score (nSPS) is 26.7. The summed E-state index contributed by atoms with van der Waals surface area (Å²) in [6, 6.07) is 0.103. The van der Waals surface area contributed by atoms with E-state index in [1.807, 2.05) is 0 Å². The Bertz CT molecular complexity index is 221. The number of ether oxygens (including phenoxy) is 1. The van der Waals surface area contributed by atoms with Gasteiger partial charge in [0.05, 0.1) is 6.10 Å². The predicted octanol–water partition coefficient (Wildman–Crippen LogP) is 1.19. The molecular formula is C12H24N2O2. The molecule has 0 aromatic heterocycles. The number of nitrogens with one attached hydrogen (secondary N) is 1. The van der Waals surface area contributed by atoms with E-state index in [-0.39, 0.29) is 24.2 Å². The van der Waals surface area contributed by atoms with Crippen LogP contribution in [0.3, 0.4) is 0 Å². The Morgan fingerprint density at radius 1 is 1.56 bits per heavy atom. The summed E-state index contributed by atoms with van der Waals surface area (Å²) in [7, 11) is 0. The van der Waals surface area contributed by atoms with Crippen LogP contribution in [0.15, 0.2) is 0 Å². The van der Waals surface area contributed by atoms with Gasteiger partial charge in [0, 0.05) is 12.6 Å². The molecule has 1 rings (SSSR count). The minimum absolute atomic E-state index is 0.0208. The van der Waals surface area contributed by atoms with Crippen molar-refractivity contribution < 1.29 is 9.53 Å². The second kappa shape index (κ2) is 6.86. The number of nitrogens with two attached hydrogens (primary N) is 1. The van der Waals surface area contributed by atoms with Crippen LogP contribution in [-0.2, 0) is 9.53 Å². The molecule has 16 heavy (non-hydrogen) atoms. The molecule has 1 aliphatic carbocycles. The van der Waals surface area contributed by atoms with Crippen molar-refractivity contribution in [2.75, 3.05) is 6.54 Å². The van der Waals surface area contributed by atoms with Crippen LogP contribution in [0.2, 0.25) is 0 Å². The maximum absolute atomic E-state index is 11.6. The molecule has 4 nitrogen and oxygen atoms in total. The zero-order valence-corrected chi connectivity index (χ0v) is 10.4. The van der Waals surface area contributed by atoms with Gasteiger partial charge in [-0.2, -0.15) is 0 Å². The molecule has 0 spiro atoms. The Balaban J connectivity index is 2.22. The summed E-state index contributed by atoms with van der Waals surface area (Å²) in [5.74, 6) is -0.0208. The summed E-state index contributed by atoms with van der Waals surface area (Å²) in [5.41, 5.74) is 5.89. The zero-order chi connectivity index (χ0) is 12.0. The highest BCUT2D eigenvalue weighted by molar-refractivity contribution is 5.80. The molecule has 0 saturated heterocycles. The fraction of sp³-hybridized carbons (Fsp3) is 0.917. The van der Waals surface area contributed by atoms with Gasteiger partial charge in [-0.05, 0) is 32.6 Å². The summed E-state index contributed by atoms with van der Waals surface area (Å²) in [4.78, 5) is 11.6. The summed E-state index contributed by atoms with van der Waals surface area (Å²) < 4.78 is 5.68. The molecule has 0 aromatic rings. The first-order valence-corrected chi connectivity index (χ1v) is 6.34. The van der Waals surface area contributed by atoms with Crippen LogP contribution in [-0.4, -0.2) is 30.7 Å². The lowest BCUT2D eigenvalue weighted by atomic mass is 10.2. The Morgan fingerprint density at radius 3 is 2.88 bits per heavy atom. The van der Waals surface area contributed by atoms with Gasteiger partial charge in [0.25, 0.3) is 0 Å². The van der Waals surface area contributed by atoms with E-state index in [0.717, 1.165) is 38.6 Å². The zero-order valence-electron chi connectivity index (χ0n) is 10.4. The first-order chi connectivity index (χ1) is 7.65. The average Bonchev–Trinajstić information content (AvgIpc) is 2.64. The third-order valence-electron chi connectivity index (χ3n) is 3.08. The largest absolute Gasteiger partial charge is 0.364 e. The molecule has 4 heteroatoms. The van der Waals surface area contributed by atoms with Gasteiger partial charge in [-0.3, -0.25) is 4.79 Å². The monoisotopic (exact) mass is 228 g/mol. The molecule has 0 aliphatic heterocycles. The minimum atomic E-state index is -0.383. The smallest absolute Gasteiger partial charge is 0.248 e. The van der Waals surface area contributed by atoms with Gasteiger partial charge in [0.1, 0.15) is 6.10 Å². The van der Waals surface area contributed by atoms with Crippen molar-refractivity contribution in [3.05, 3.63) is 0 Å². The number of amides is 1. The third kappa shape index (κ3) is 4.10. The molecule has 3 N–H and O–H groups in total. The highest BCUT2D eigenvalue weighted by atomic mass is 16.5. The number of carbonyl (C=O) groups excluding carboxylic acids is 1. The van der Waals surface area contributed by atoms with E-state index in [1.54, 1.807) is 6.92 Å². The molecule has 0 heterocycles. The predicted molar refractivity (Wildman–Crippen MR) is 64.1 cm³/mol. The maximum Gasteiger partial charge on any atom is 0.248 e. The Hall–Kier alpha value is -0.610. The standard InChI is InChI=1S/C12H24N2O2/c1-3-4-8-14-12(15)9(2)16-11-7-5-6-10(11)13/h9-11H,3-8,13H2,1-2H3,(H,14,15). The van der Waals surface area contributed by atoms with Gasteiger partial charge in [0.15, 0.2) is 0 Å². The molecule has 0 radical (unpaired) electrons. The van der Waals surface area contributed by atoms with Crippen molar-refractivity contribution in [2.45, 2.75) is 64.2 Å². The van der Waals surface area contributed by atoms with E-state index < -0.39 is 0 Å². The number of hydrogen-bond acceptors (Lipinski definition) is 3. The molecule has 1 aliphatic rings. The highest BCUT2D eigenvalue weighted by Crippen LogP contribution is 2.21. The Labute approximate surface area is 97.9 Å². The van der Waals surface area contributed by atoms with Crippen LogP contribution in [0, 0.1) is 0 Å². The van der Waals surface area contributed by atoms with E-state index in [2.05, 4.69) is 12.2 Å². The first-order valence-electron chi connectivity index (χ1n) is 6.34. The van der Waals surface area contributed by atoms with E-state index in [1.165, 1.54) is 0 Å². The molecule has 1 amide bonds. The molecule has 1 fully saturated rings. The second-order valence-corrected chi connectivity index (χ2v) is 4.56. The van der Waals surface area contributed by atoms with Gasteiger partial charge in [-0.1, -0.05) is 13.3 Å². The SMILES string of the molecule is CCCCNC(=O)C(C)OC1CCCC1N. The number of rotatable bonds is 6. The van der Waals surface area contributed by atoms with E-state index in [9.17, 15) is 4.79 Å². The van der Waals surface area contributed by atoms with Gasteiger partial charge < -0.3 is 15.8 Å². The number of unbranched alkanes of at least 4 members (excludes halogenated alkanes) is 1. The van der Waals surface area contributed by atoms with Crippen LogP contribution in [0.5, 0.6) is 0 Å². The van der Waals surface area contributed by atoms with Gasteiger partial charge in [-0.15, -0.1) is 0 Å². The third-order valence-corrected chi connectivity index (χ3v) is 3.08.